The number of likely N-dealkylation sites (N-methyl/N-ethyl adjacent to an activating group) is 1. The van der Waals surface area contributed by atoms with E-state index in [0.29, 0.717) is 0 Å². The Bertz CT molecular complexity index is 388. The number of amides is 1. The molecule has 1 saturated heterocycles. The zero-order valence-corrected chi connectivity index (χ0v) is 19.1. The molecule has 0 aromatic carbocycles. The first kappa shape index (κ1) is 25.4. The molecule has 1 aliphatic heterocycles. The Balaban J connectivity index is 0.00000625. The van der Waals surface area contributed by atoms with Crippen molar-refractivity contribution in [3.63, 3.8) is 0 Å². The molecular weight excluding hydrogens is 445 g/mol. The van der Waals surface area contributed by atoms with Gasteiger partial charge in [-0.05, 0) is 19.4 Å². The molecule has 1 amide bonds. The lowest BCUT2D eigenvalue weighted by Gasteiger charge is -2.26. The maximum atomic E-state index is 11.7. The van der Waals surface area contributed by atoms with Gasteiger partial charge in [-0.2, -0.15) is 0 Å². The minimum Gasteiger partial charge on any atom is -0.379 e. The van der Waals surface area contributed by atoms with E-state index in [0.717, 1.165) is 64.7 Å². The summed E-state index contributed by atoms with van der Waals surface area (Å²) in [7, 11) is 3.51. The summed E-state index contributed by atoms with van der Waals surface area (Å²) in [5, 5.41) is 6.70. The van der Waals surface area contributed by atoms with Gasteiger partial charge in [-0.25, -0.2) is 4.99 Å². The Morgan fingerprint density at radius 2 is 1.73 bits per heavy atom. The molecule has 26 heavy (non-hydrogen) atoms. The summed E-state index contributed by atoms with van der Waals surface area (Å²) < 4.78 is 5.37. The average molecular weight is 483 g/mol. The van der Waals surface area contributed by atoms with Crippen LogP contribution < -0.4 is 10.6 Å². The molecule has 0 saturated carbocycles. The van der Waals surface area contributed by atoms with Gasteiger partial charge in [-0.15, -0.1) is 24.0 Å². The predicted octanol–water partition coefficient (Wildman–Crippen LogP) is 1.53. The summed E-state index contributed by atoms with van der Waals surface area (Å²) in [6.45, 7) is 8.93. The Morgan fingerprint density at radius 1 is 1.08 bits per heavy atom. The van der Waals surface area contributed by atoms with Gasteiger partial charge in [0.05, 0.1) is 13.2 Å². The van der Waals surface area contributed by atoms with Crippen LogP contribution in [0.25, 0.3) is 0 Å². The number of nitrogens with zero attached hydrogens (tertiary/aromatic N) is 3. The normalized spacial score (nSPS) is 15.3. The second-order valence-corrected chi connectivity index (χ2v) is 6.67. The van der Waals surface area contributed by atoms with E-state index in [2.05, 4.69) is 27.4 Å². The molecule has 0 radical (unpaired) electrons. The van der Waals surface area contributed by atoms with Gasteiger partial charge in [-0.3, -0.25) is 9.69 Å². The number of carbonyl (C=O) groups is 1. The van der Waals surface area contributed by atoms with Crippen molar-refractivity contribution in [1.29, 1.82) is 0 Å². The van der Waals surface area contributed by atoms with Crippen LogP contribution in [0.1, 0.15) is 39.0 Å². The summed E-state index contributed by atoms with van der Waals surface area (Å²) in [6, 6.07) is 0. The Kier molecular flexibility index (Phi) is 16.2. The highest BCUT2D eigenvalue weighted by Crippen LogP contribution is 1.98. The minimum atomic E-state index is 0. The zero-order valence-electron chi connectivity index (χ0n) is 16.8. The fourth-order valence-corrected chi connectivity index (χ4v) is 2.56. The van der Waals surface area contributed by atoms with E-state index in [1.807, 2.05) is 0 Å². The van der Waals surface area contributed by atoms with E-state index in [4.69, 9.17) is 4.74 Å². The lowest BCUT2D eigenvalue weighted by atomic mass is 10.2. The lowest BCUT2D eigenvalue weighted by Crippen LogP contribution is -2.41. The van der Waals surface area contributed by atoms with Crippen LogP contribution in [-0.2, 0) is 9.53 Å². The van der Waals surface area contributed by atoms with Crippen LogP contribution in [0.2, 0.25) is 0 Å². The van der Waals surface area contributed by atoms with Crippen LogP contribution in [0.4, 0.5) is 0 Å². The van der Waals surface area contributed by atoms with E-state index >= 15 is 0 Å². The monoisotopic (exact) mass is 483 g/mol. The van der Waals surface area contributed by atoms with Crippen LogP contribution in [0.15, 0.2) is 4.99 Å². The van der Waals surface area contributed by atoms with Crippen molar-refractivity contribution in [2.75, 3.05) is 66.6 Å². The number of halogens is 1. The Hall–Kier alpha value is -0.610. The third-order valence-corrected chi connectivity index (χ3v) is 4.24. The molecule has 2 N–H and O–H groups in total. The van der Waals surface area contributed by atoms with Gasteiger partial charge in [0.1, 0.15) is 6.54 Å². The molecule has 0 aromatic heterocycles. The van der Waals surface area contributed by atoms with Gasteiger partial charge < -0.3 is 20.3 Å². The van der Waals surface area contributed by atoms with E-state index < -0.39 is 0 Å². The SMILES string of the molecule is CCCCCCNC(=NCC(=O)N(C)C)NCCCN1CCOCC1.I. The molecule has 0 atom stereocenters. The fourth-order valence-electron chi connectivity index (χ4n) is 2.56. The van der Waals surface area contributed by atoms with Gasteiger partial charge in [0, 0.05) is 40.3 Å². The second-order valence-electron chi connectivity index (χ2n) is 6.67. The largest absolute Gasteiger partial charge is 0.379 e. The van der Waals surface area contributed by atoms with Crippen molar-refractivity contribution >= 4 is 35.8 Å². The number of guanidine groups is 1. The molecule has 0 bridgehead atoms. The highest BCUT2D eigenvalue weighted by Gasteiger charge is 2.09. The van der Waals surface area contributed by atoms with Crippen molar-refractivity contribution in [2.45, 2.75) is 39.0 Å². The number of rotatable bonds is 11. The lowest BCUT2D eigenvalue weighted by molar-refractivity contribution is -0.127. The van der Waals surface area contributed by atoms with Gasteiger partial charge in [0.2, 0.25) is 5.91 Å². The maximum Gasteiger partial charge on any atom is 0.243 e. The molecule has 0 aliphatic carbocycles. The first-order valence-corrected chi connectivity index (χ1v) is 9.66. The molecule has 7 nitrogen and oxygen atoms in total. The highest BCUT2D eigenvalue weighted by molar-refractivity contribution is 14.0. The van der Waals surface area contributed by atoms with Gasteiger partial charge in [-0.1, -0.05) is 26.2 Å². The van der Waals surface area contributed by atoms with Crippen LogP contribution in [0, 0.1) is 0 Å². The van der Waals surface area contributed by atoms with Crippen molar-refractivity contribution in [2.24, 2.45) is 4.99 Å². The number of ether oxygens (including phenoxy) is 1. The summed E-state index contributed by atoms with van der Waals surface area (Å²) >= 11 is 0. The van der Waals surface area contributed by atoms with Crippen molar-refractivity contribution in [3.8, 4) is 0 Å². The summed E-state index contributed by atoms with van der Waals surface area (Å²) in [6.07, 6.45) is 5.91. The predicted molar refractivity (Wildman–Crippen MR) is 118 cm³/mol. The van der Waals surface area contributed by atoms with Crippen molar-refractivity contribution in [3.05, 3.63) is 0 Å². The number of unbranched alkanes of at least 4 members (excludes halogenated alkanes) is 3. The van der Waals surface area contributed by atoms with Crippen molar-refractivity contribution in [1.82, 2.24) is 20.4 Å². The minimum absolute atomic E-state index is 0. The number of hydrogen-bond donors (Lipinski definition) is 2. The quantitative estimate of drug-likeness (QED) is 0.202. The van der Waals surface area contributed by atoms with Crippen LogP contribution >= 0.6 is 24.0 Å². The summed E-state index contributed by atoms with van der Waals surface area (Å²) in [5.41, 5.74) is 0. The third kappa shape index (κ3) is 12.7. The molecule has 1 rings (SSSR count). The standard InChI is InChI=1S/C18H37N5O2.HI/c1-4-5-6-7-9-19-18(21-16-17(24)22(2)3)20-10-8-11-23-12-14-25-15-13-23;/h4-16H2,1-3H3,(H2,19,20,21);1H. The Labute approximate surface area is 176 Å². The van der Waals surface area contributed by atoms with Gasteiger partial charge >= 0.3 is 0 Å². The topological polar surface area (TPSA) is 69.2 Å². The molecule has 154 valence electrons. The smallest absolute Gasteiger partial charge is 0.243 e. The van der Waals surface area contributed by atoms with Gasteiger partial charge in [0.15, 0.2) is 5.96 Å². The molecule has 1 heterocycles. The molecule has 0 aromatic rings. The number of aliphatic imine (C=N–C) groups is 1. The van der Waals surface area contributed by atoms with E-state index in [-0.39, 0.29) is 36.4 Å². The highest BCUT2D eigenvalue weighted by atomic mass is 127. The van der Waals surface area contributed by atoms with Crippen molar-refractivity contribution < 1.29 is 9.53 Å². The van der Waals surface area contributed by atoms with E-state index in [9.17, 15) is 4.79 Å². The molecular formula is C18H38IN5O2. The second kappa shape index (κ2) is 16.6. The van der Waals surface area contributed by atoms with E-state index in [1.165, 1.54) is 19.3 Å². The molecule has 8 heteroatoms. The molecule has 1 aliphatic rings. The Morgan fingerprint density at radius 3 is 2.35 bits per heavy atom. The van der Waals surface area contributed by atoms with Crippen LogP contribution in [-0.4, -0.2) is 88.2 Å². The summed E-state index contributed by atoms with van der Waals surface area (Å²) in [4.78, 5) is 20.2. The first-order valence-electron chi connectivity index (χ1n) is 9.66. The number of morpholine rings is 1. The van der Waals surface area contributed by atoms with E-state index in [1.54, 1.807) is 19.0 Å². The maximum absolute atomic E-state index is 11.7. The van der Waals surface area contributed by atoms with Crippen LogP contribution in [0.5, 0.6) is 0 Å². The van der Waals surface area contributed by atoms with Gasteiger partial charge in [0.25, 0.3) is 0 Å². The zero-order chi connectivity index (χ0) is 18.3. The molecule has 1 fully saturated rings. The van der Waals surface area contributed by atoms with Crippen LogP contribution in [0.3, 0.4) is 0 Å². The number of hydrogen-bond acceptors (Lipinski definition) is 4. The third-order valence-electron chi connectivity index (χ3n) is 4.24. The number of carbonyl (C=O) groups excluding carboxylic acids is 1. The fraction of sp³-hybridized carbons (Fsp3) is 0.889. The molecule has 0 unspecified atom stereocenters. The number of nitrogens with one attached hydrogen (secondary N) is 2. The molecule has 0 spiro atoms. The average Bonchev–Trinajstić information content (AvgIpc) is 2.62. The summed E-state index contributed by atoms with van der Waals surface area (Å²) in [5.74, 6) is 0.758. The first-order chi connectivity index (χ1) is 12.1.